The Morgan fingerprint density at radius 2 is 1.87 bits per heavy atom. The summed E-state index contributed by atoms with van der Waals surface area (Å²) in [5.74, 6) is -0.212. The molecule has 0 spiro atoms. The number of carbonyl (C=O) groups is 1. The van der Waals surface area contributed by atoms with Gasteiger partial charge in [0.1, 0.15) is 0 Å². The van der Waals surface area contributed by atoms with E-state index in [0.29, 0.717) is 6.42 Å². The molecule has 0 saturated carbocycles. The normalized spacial score (nSPS) is 18.1. The molecule has 0 heterocycles. The number of carbonyl (C=O) groups excluding carboxylic acids is 1. The van der Waals surface area contributed by atoms with Crippen molar-refractivity contribution < 1.29 is 9.90 Å². The highest BCUT2D eigenvalue weighted by Gasteiger charge is 2.28. The Morgan fingerprint density at radius 1 is 1.40 bits per heavy atom. The van der Waals surface area contributed by atoms with Gasteiger partial charge in [-0.25, -0.2) is 0 Å². The van der Waals surface area contributed by atoms with Crippen molar-refractivity contribution >= 4 is 5.91 Å². The molecular formula is C11H24N2O2. The van der Waals surface area contributed by atoms with E-state index in [1.807, 2.05) is 27.7 Å². The lowest BCUT2D eigenvalue weighted by Crippen LogP contribution is -2.51. The van der Waals surface area contributed by atoms with Gasteiger partial charge < -0.3 is 16.2 Å². The molecule has 1 amide bonds. The Balaban J connectivity index is 4.17. The van der Waals surface area contributed by atoms with Crippen LogP contribution in [0, 0.1) is 5.41 Å². The fraction of sp³-hybridized carbons (Fsp3) is 0.909. The first-order valence-corrected chi connectivity index (χ1v) is 5.36. The Hall–Kier alpha value is -0.610. The van der Waals surface area contributed by atoms with Crippen LogP contribution in [0.3, 0.4) is 0 Å². The van der Waals surface area contributed by atoms with Gasteiger partial charge in [-0.15, -0.1) is 0 Å². The van der Waals surface area contributed by atoms with E-state index in [1.54, 1.807) is 6.92 Å². The van der Waals surface area contributed by atoms with Crippen molar-refractivity contribution in [2.75, 3.05) is 6.54 Å². The monoisotopic (exact) mass is 216 g/mol. The van der Waals surface area contributed by atoms with Crippen LogP contribution >= 0.6 is 0 Å². The minimum absolute atomic E-state index is 0.212. The summed E-state index contributed by atoms with van der Waals surface area (Å²) in [7, 11) is 0. The minimum atomic E-state index is -0.854. The number of hydrogen-bond donors (Lipinski definition) is 3. The van der Waals surface area contributed by atoms with Gasteiger partial charge in [-0.2, -0.15) is 0 Å². The zero-order valence-corrected chi connectivity index (χ0v) is 10.4. The second kappa shape index (κ2) is 4.94. The van der Waals surface area contributed by atoms with Gasteiger partial charge in [-0.3, -0.25) is 4.79 Å². The molecule has 0 aliphatic heterocycles. The lowest BCUT2D eigenvalue weighted by molar-refractivity contribution is -0.125. The fourth-order valence-corrected chi connectivity index (χ4v) is 0.906. The molecule has 0 aromatic heterocycles. The van der Waals surface area contributed by atoms with Crippen molar-refractivity contribution in [1.29, 1.82) is 0 Å². The van der Waals surface area contributed by atoms with Crippen molar-refractivity contribution in [2.24, 2.45) is 11.1 Å². The van der Waals surface area contributed by atoms with Gasteiger partial charge in [0.25, 0.3) is 0 Å². The van der Waals surface area contributed by atoms with Gasteiger partial charge in [-0.1, -0.05) is 27.7 Å². The van der Waals surface area contributed by atoms with E-state index in [2.05, 4.69) is 5.32 Å². The molecule has 90 valence electrons. The van der Waals surface area contributed by atoms with Crippen LogP contribution in [0.5, 0.6) is 0 Å². The summed E-state index contributed by atoms with van der Waals surface area (Å²) in [6, 6.07) is -0.551. The molecule has 0 aliphatic carbocycles. The Bertz CT molecular complexity index is 219. The van der Waals surface area contributed by atoms with Gasteiger partial charge in [0.05, 0.1) is 11.6 Å². The summed E-state index contributed by atoms with van der Waals surface area (Å²) in [5.41, 5.74) is 4.66. The molecule has 4 nitrogen and oxygen atoms in total. The third kappa shape index (κ3) is 5.14. The SMILES string of the molecule is CCC(C)(O)CNC(=O)[C@H](N)C(C)(C)C. The van der Waals surface area contributed by atoms with Crippen molar-refractivity contribution in [3.05, 3.63) is 0 Å². The molecule has 4 N–H and O–H groups in total. The fourth-order valence-electron chi connectivity index (χ4n) is 0.906. The Labute approximate surface area is 92.2 Å². The molecule has 0 saturated heterocycles. The molecule has 15 heavy (non-hydrogen) atoms. The molecule has 4 heteroatoms. The van der Waals surface area contributed by atoms with Gasteiger partial charge in [0.2, 0.25) is 5.91 Å². The maximum Gasteiger partial charge on any atom is 0.237 e. The van der Waals surface area contributed by atoms with Crippen LogP contribution in [-0.2, 0) is 4.79 Å². The molecule has 2 atom stereocenters. The summed E-state index contributed by atoms with van der Waals surface area (Å²) < 4.78 is 0. The lowest BCUT2D eigenvalue weighted by atomic mass is 9.87. The molecule has 0 aromatic rings. The van der Waals surface area contributed by atoms with E-state index < -0.39 is 11.6 Å². The molecule has 0 rings (SSSR count). The number of aliphatic hydroxyl groups is 1. The van der Waals surface area contributed by atoms with Gasteiger partial charge in [0, 0.05) is 6.54 Å². The van der Waals surface area contributed by atoms with Crippen LogP contribution < -0.4 is 11.1 Å². The van der Waals surface area contributed by atoms with E-state index in [-0.39, 0.29) is 17.9 Å². The largest absolute Gasteiger partial charge is 0.388 e. The first-order valence-electron chi connectivity index (χ1n) is 5.36. The molecule has 0 fully saturated rings. The van der Waals surface area contributed by atoms with Crippen LogP contribution in [0.1, 0.15) is 41.0 Å². The van der Waals surface area contributed by atoms with Crippen molar-refractivity contribution in [3.63, 3.8) is 0 Å². The van der Waals surface area contributed by atoms with Gasteiger partial charge in [0.15, 0.2) is 0 Å². The number of hydrogen-bond acceptors (Lipinski definition) is 3. The number of amides is 1. The molecule has 0 aliphatic rings. The summed E-state index contributed by atoms with van der Waals surface area (Å²) in [6.07, 6.45) is 0.595. The second-order valence-corrected chi connectivity index (χ2v) is 5.41. The van der Waals surface area contributed by atoms with Crippen molar-refractivity contribution in [3.8, 4) is 0 Å². The number of nitrogens with two attached hydrogens (primary N) is 1. The van der Waals surface area contributed by atoms with Crippen LogP contribution in [0.4, 0.5) is 0 Å². The molecule has 0 bridgehead atoms. The zero-order chi connectivity index (χ0) is 12.3. The number of nitrogens with one attached hydrogen (secondary N) is 1. The molecule has 1 unspecified atom stereocenters. The maximum atomic E-state index is 11.6. The summed E-state index contributed by atoms with van der Waals surface area (Å²) in [4.78, 5) is 11.6. The summed E-state index contributed by atoms with van der Waals surface area (Å²) in [6.45, 7) is 9.54. The maximum absolute atomic E-state index is 11.6. The first kappa shape index (κ1) is 14.4. The van der Waals surface area contributed by atoms with E-state index in [1.165, 1.54) is 0 Å². The third-order valence-electron chi connectivity index (χ3n) is 2.62. The standard InChI is InChI=1S/C11H24N2O2/c1-6-11(5,15)7-13-9(14)8(12)10(2,3)4/h8,15H,6-7,12H2,1-5H3,(H,13,14)/t8-,11?/m0/s1. The van der Waals surface area contributed by atoms with E-state index in [4.69, 9.17) is 5.73 Å². The average Bonchev–Trinajstić information content (AvgIpc) is 2.11. The smallest absolute Gasteiger partial charge is 0.237 e. The topological polar surface area (TPSA) is 75.3 Å². The van der Waals surface area contributed by atoms with E-state index >= 15 is 0 Å². The highest BCUT2D eigenvalue weighted by molar-refractivity contribution is 5.82. The first-order chi connectivity index (χ1) is 6.60. The Kier molecular flexibility index (Phi) is 4.74. The summed E-state index contributed by atoms with van der Waals surface area (Å²) in [5, 5.41) is 12.4. The van der Waals surface area contributed by atoms with Crippen LogP contribution in [0.2, 0.25) is 0 Å². The summed E-state index contributed by atoms with van der Waals surface area (Å²) >= 11 is 0. The van der Waals surface area contributed by atoms with Gasteiger partial charge in [-0.05, 0) is 18.8 Å². The molecule has 0 aromatic carbocycles. The Morgan fingerprint density at radius 3 is 2.20 bits per heavy atom. The van der Waals surface area contributed by atoms with Gasteiger partial charge >= 0.3 is 0 Å². The predicted molar refractivity (Wildman–Crippen MR) is 61.4 cm³/mol. The van der Waals surface area contributed by atoms with E-state index in [9.17, 15) is 9.90 Å². The predicted octanol–water partition coefficient (Wildman–Crippen LogP) is 0.637. The third-order valence-corrected chi connectivity index (χ3v) is 2.62. The highest BCUT2D eigenvalue weighted by atomic mass is 16.3. The number of rotatable bonds is 4. The van der Waals surface area contributed by atoms with Crippen molar-refractivity contribution in [2.45, 2.75) is 52.7 Å². The quantitative estimate of drug-likeness (QED) is 0.645. The highest BCUT2D eigenvalue weighted by Crippen LogP contribution is 2.17. The van der Waals surface area contributed by atoms with Crippen LogP contribution in [-0.4, -0.2) is 29.2 Å². The lowest BCUT2D eigenvalue weighted by Gasteiger charge is -2.28. The second-order valence-electron chi connectivity index (χ2n) is 5.41. The van der Waals surface area contributed by atoms with Crippen LogP contribution in [0.25, 0.3) is 0 Å². The molecule has 0 radical (unpaired) electrons. The minimum Gasteiger partial charge on any atom is -0.388 e. The van der Waals surface area contributed by atoms with Crippen LogP contribution in [0.15, 0.2) is 0 Å². The van der Waals surface area contributed by atoms with E-state index in [0.717, 1.165) is 0 Å². The van der Waals surface area contributed by atoms with Crippen molar-refractivity contribution in [1.82, 2.24) is 5.32 Å². The average molecular weight is 216 g/mol. The zero-order valence-electron chi connectivity index (χ0n) is 10.4. The molecular weight excluding hydrogens is 192 g/mol.